The maximum absolute atomic E-state index is 12.5. The molecule has 7 heteroatoms. The summed E-state index contributed by atoms with van der Waals surface area (Å²) in [6, 6.07) is 0.821. The van der Waals surface area contributed by atoms with Crippen molar-refractivity contribution in [1.29, 1.82) is 0 Å². The molecule has 0 unspecified atom stereocenters. The summed E-state index contributed by atoms with van der Waals surface area (Å²) >= 11 is 0. The van der Waals surface area contributed by atoms with Crippen molar-refractivity contribution >= 4 is 5.69 Å². The molecule has 0 aliphatic heterocycles. The third kappa shape index (κ3) is 3.99. The third-order valence-electron chi connectivity index (χ3n) is 2.98. The average molecular weight is 277 g/mol. The first kappa shape index (κ1) is 15.6. The van der Waals surface area contributed by atoms with E-state index in [2.05, 4.69) is 4.98 Å². The molecule has 0 saturated carbocycles. The van der Waals surface area contributed by atoms with Gasteiger partial charge in [-0.25, -0.2) is 4.98 Å². The van der Waals surface area contributed by atoms with Gasteiger partial charge in [0.2, 0.25) is 0 Å². The minimum atomic E-state index is -4.51. The fourth-order valence-electron chi connectivity index (χ4n) is 1.11. The SMILES string of the molecule is CN(C)C(C)(C)COc1cc(C(F)(F)F)ncc1N. The molecule has 0 saturated heterocycles. The number of nitrogens with zero attached hydrogens (tertiary/aromatic N) is 2. The summed E-state index contributed by atoms with van der Waals surface area (Å²) in [5, 5.41) is 0. The van der Waals surface area contributed by atoms with Gasteiger partial charge in [-0.1, -0.05) is 0 Å². The van der Waals surface area contributed by atoms with Crippen LogP contribution in [0.25, 0.3) is 0 Å². The van der Waals surface area contributed by atoms with Gasteiger partial charge in [-0.05, 0) is 27.9 Å². The van der Waals surface area contributed by atoms with Crippen LogP contribution in [-0.2, 0) is 6.18 Å². The molecule has 1 aromatic heterocycles. The summed E-state index contributed by atoms with van der Waals surface area (Å²) in [4.78, 5) is 5.16. The molecular formula is C12H18F3N3O. The van der Waals surface area contributed by atoms with Crippen molar-refractivity contribution in [2.75, 3.05) is 26.4 Å². The van der Waals surface area contributed by atoms with E-state index in [-0.39, 0.29) is 23.6 Å². The van der Waals surface area contributed by atoms with Crippen LogP contribution < -0.4 is 10.5 Å². The van der Waals surface area contributed by atoms with Gasteiger partial charge >= 0.3 is 6.18 Å². The maximum Gasteiger partial charge on any atom is 0.433 e. The smallest absolute Gasteiger partial charge is 0.433 e. The van der Waals surface area contributed by atoms with Gasteiger partial charge in [-0.3, -0.25) is 0 Å². The molecule has 0 aromatic carbocycles. The van der Waals surface area contributed by atoms with Crippen LogP contribution in [0.4, 0.5) is 18.9 Å². The number of rotatable bonds is 4. The Balaban J connectivity index is 2.90. The van der Waals surface area contributed by atoms with Crippen LogP contribution >= 0.6 is 0 Å². The summed E-state index contributed by atoms with van der Waals surface area (Å²) < 4.78 is 43.0. The lowest BCUT2D eigenvalue weighted by Crippen LogP contribution is -2.43. The lowest BCUT2D eigenvalue weighted by molar-refractivity contribution is -0.141. The summed E-state index contributed by atoms with van der Waals surface area (Å²) in [7, 11) is 3.72. The Labute approximate surface area is 110 Å². The number of nitrogen functional groups attached to an aromatic ring is 1. The zero-order valence-electron chi connectivity index (χ0n) is 11.4. The number of hydrogen-bond acceptors (Lipinski definition) is 4. The van der Waals surface area contributed by atoms with Crippen molar-refractivity contribution in [2.24, 2.45) is 0 Å². The van der Waals surface area contributed by atoms with E-state index >= 15 is 0 Å². The van der Waals surface area contributed by atoms with Crippen LogP contribution in [0.2, 0.25) is 0 Å². The molecule has 0 fully saturated rings. The van der Waals surface area contributed by atoms with Gasteiger partial charge in [0, 0.05) is 11.6 Å². The average Bonchev–Trinajstić information content (AvgIpc) is 2.26. The van der Waals surface area contributed by atoms with E-state index in [4.69, 9.17) is 10.5 Å². The van der Waals surface area contributed by atoms with E-state index in [1.807, 2.05) is 32.8 Å². The number of ether oxygens (including phenoxy) is 1. The van der Waals surface area contributed by atoms with Crippen LogP contribution in [0.5, 0.6) is 5.75 Å². The Bertz CT molecular complexity index is 444. The monoisotopic (exact) mass is 277 g/mol. The summed E-state index contributed by atoms with van der Waals surface area (Å²) in [5.74, 6) is -0.00255. The van der Waals surface area contributed by atoms with Crippen LogP contribution in [0, 0.1) is 0 Å². The Morgan fingerprint density at radius 3 is 2.37 bits per heavy atom. The molecule has 0 aliphatic carbocycles. The molecule has 0 radical (unpaired) electrons. The fraction of sp³-hybridized carbons (Fsp3) is 0.583. The molecule has 19 heavy (non-hydrogen) atoms. The molecule has 2 N–H and O–H groups in total. The normalized spacial score (nSPS) is 12.8. The minimum Gasteiger partial charge on any atom is -0.489 e. The van der Waals surface area contributed by atoms with Gasteiger partial charge in [0.05, 0.1) is 11.9 Å². The Kier molecular flexibility index (Phi) is 4.29. The second-order valence-electron chi connectivity index (χ2n) is 5.10. The van der Waals surface area contributed by atoms with Gasteiger partial charge in [-0.15, -0.1) is 0 Å². The largest absolute Gasteiger partial charge is 0.489 e. The van der Waals surface area contributed by atoms with E-state index in [1.54, 1.807) is 0 Å². The van der Waals surface area contributed by atoms with Crippen molar-refractivity contribution in [1.82, 2.24) is 9.88 Å². The number of hydrogen-bond donors (Lipinski definition) is 1. The number of likely N-dealkylation sites (N-methyl/N-ethyl adjacent to an activating group) is 1. The van der Waals surface area contributed by atoms with Crippen molar-refractivity contribution in [2.45, 2.75) is 25.6 Å². The maximum atomic E-state index is 12.5. The van der Waals surface area contributed by atoms with Crippen molar-refractivity contribution in [3.8, 4) is 5.75 Å². The quantitative estimate of drug-likeness (QED) is 0.918. The van der Waals surface area contributed by atoms with Crippen LogP contribution in [0.1, 0.15) is 19.5 Å². The summed E-state index contributed by atoms with van der Waals surface area (Å²) in [6.45, 7) is 4.04. The fourth-order valence-corrected chi connectivity index (χ4v) is 1.11. The predicted molar refractivity (Wildman–Crippen MR) is 66.9 cm³/mol. The highest BCUT2D eigenvalue weighted by atomic mass is 19.4. The number of aromatic nitrogens is 1. The first-order chi connectivity index (χ1) is 8.54. The highest BCUT2D eigenvalue weighted by Gasteiger charge is 2.33. The van der Waals surface area contributed by atoms with Crippen LogP contribution in [0.15, 0.2) is 12.3 Å². The number of anilines is 1. The molecule has 0 aliphatic rings. The standard InChI is InChI=1S/C12H18F3N3O/c1-11(2,18(3)4)7-19-9-5-10(12(13,14)15)17-6-8(9)16/h5-6H,7,16H2,1-4H3. The molecule has 0 amide bonds. The molecule has 108 valence electrons. The Hall–Kier alpha value is -1.50. The second-order valence-corrected chi connectivity index (χ2v) is 5.10. The predicted octanol–water partition coefficient (Wildman–Crippen LogP) is 2.40. The van der Waals surface area contributed by atoms with Crippen molar-refractivity contribution in [3.63, 3.8) is 0 Å². The van der Waals surface area contributed by atoms with E-state index in [0.717, 1.165) is 12.3 Å². The molecule has 1 aromatic rings. The number of pyridine rings is 1. The van der Waals surface area contributed by atoms with E-state index in [0.29, 0.717) is 0 Å². The van der Waals surface area contributed by atoms with Gasteiger partial charge in [-0.2, -0.15) is 13.2 Å². The molecule has 1 rings (SSSR count). The topological polar surface area (TPSA) is 51.4 Å². The second kappa shape index (κ2) is 5.24. The molecule has 1 heterocycles. The van der Waals surface area contributed by atoms with Crippen molar-refractivity contribution in [3.05, 3.63) is 18.0 Å². The lowest BCUT2D eigenvalue weighted by atomic mass is 10.1. The van der Waals surface area contributed by atoms with Gasteiger partial charge in [0.15, 0.2) is 0 Å². The number of nitrogens with two attached hydrogens (primary N) is 1. The van der Waals surface area contributed by atoms with E-state index in [9.17, 15) is 13.2 Å². The first-order valence-corrected chi connectivity index (χ1v) is 5.67. The van der Waals surface area contributed by atoms with Gasteiger partial charge < -0.3 is 15.4 Å². The van der Waals surface area contributed by atoms with Crippen LogP contribution in [-0.4, -0.2) is 36.1 Å². The van der Waals surface area contributed by atoms with Crippen LogP contribution in [0.3, 0.4) is 0 Å². The molecule has 0 spiro atoms. The number of halogens is 3. The van der Waals surface area contributed by atoms with Gasteiger partial charge in [0.25, 0.3) is 0 Å². The van der Waals surface area contributed by atoms with E-state index in [1.165, 1.54) is 0 Å². The Morgan fingerprint density at radius 1 is 1.32 bits per heavy atom. The molecule has 0 atom stereocenters. The summed E-state index contributed by atoms with van der Waals surface area (Å²) in [6.07, 6.45) is -3.55. The third-order valence-corrected chi connectivity index (χ3v) is 2.98. The van der Waals surface area contributed by atoms with E-state index < -0.39 is 11.9 Å². The summed E-state index contributed by atoms with van der Waals surface area (Å²) in [5.41, 5.74) is 4.32. The Morgan fingerprint density at radius 2 is 1.89 bits per heavy atom. The zero-order valence-corrected chi connectivity index (χ0v) is 11.4. The number of alkyl halides is 3. The highest BCUT2D eigenvalue weighted by Crippen LogP contribution is 2.32. The molecular weight excluding hydrogens is 259 g/mol. The lowest BCUT2D eigenvalue weighted by Gasteiger charge is -2.32. The van der Waals surface area contributed by atoms with Crippen molar-refractivity contribution < 1.29 is 17.9 Å². The van der Waals surface area contributed by atoms with Gasteiger partial charge in [0.1, 0.15) is 18.1 Å². The molecule has 4 nitrogen and oxygen atoms in total. The zero-order chi connectivity index (χ0) is 14.8. The highest BCUT2D eigenvalue weighted by molar-refractivity contribution is 5.51. The first-order valence-electron chi connectivity index (χ1n) is 5.67. The molecule has 0 bridgehead atoms. The minimum absolute atomic E-state index is 0.00255.